The average molecular weight is 478 g/mol. The van der Waals surface area contributed by atoms with Crippen LogP contribution in [0.2, 0.25) is 0 Å². The third kappa shape index (κ3) is 5.32. The fourth-order valence-corrected chi connectivity index (χ4v) is 4.53. The molecule has 1 atom stereocenters. The molecule has 2 aliphatic heterocycles. The molecule has 11 heteroatoms. The number of ketones is 1. The Bertz CT molecular complexity index is 1010. The first kappa shape index (κ1) is 23.1. The van der Waals surface area contributed by atoms with Crippen LogP contribution in [0.1, 0.15) is 22.5 Å². The largest absolute Gasteiger partial charge is 0.442 e. The fraction of sp³-hybridized carbons (Fsp3) is 0.409. The molecule has 2 aliphatic rings. The van der Waals surface area contributed by atoms with Crippen molar-refractivity contribution >= 4 is 40.5 Å². The van der Waals surface area contributed by atoms with Gasteiger partial charge in [-0.05, 0) is 23.6 Å². The van der Waals surface area contributed by atoms with Gasteiger partial charge in [-0.15, -0.1) is 11.3 Å². The second kappa shape index (κ2) is 10.3. The van der Waals surface area contributed by atoms with Gasteiger partial charge in [0.1, 0.15) is 11.9 Å². The molecular weight excluding hydrogens is 453 g/mol. The monoisotopic (exact) mass is 477 g/mol. The van der Waals surface area contributed by atoms with Crippen LogP contribution in [0.4, 0.5) is 20.6 Å². The van der Waals surface area contributed by atoms with Gasteiger partial charge in [0.2, 0.25) is 5.91 Å². The minimum absolute atomic E-state index is 0.0286. The van der Waals surface area contributed by atoms with Gasteiger partial charge in [0.15, 0.2) is 5.78 Å². The van der Waals surface area contributed by atoms with Crippen molar-refractivity contribution in [2.24, 2.45) is 0 Å². The molecule has 2 amide bonds. The number of anilines is 2. The van der Waals surface area contributed by atoms with Gasteiger partial charge in [-0.1, -0.05) is 12.1 Å². The Labute approximate surface area is 193 Å². The van der Waals surface area contributed by atoms with Crippen molar-refractivity contribution in [1.82, 2.24) is 5.06 Å². The second-order valence-corrected chi connectivity index (χ2v) is 8.65. The lowest BCUT2D eigenvalue weighted by molar-refractivity contribution is -0.169. The van der Waals surface area contributed by atoms with Crippen molar-refractivity contribution in [2.45, 2.75) is 18.9 Å². The first-order chi connectivity index (χ1) is 15.9. The third-order valence-corrected chi connectivity index (χ3v) is 6.39. The topological polar surface area (TPSA) is 99.6 Å². The summed E-state index contributed by atoms with van der Waals surface area (Å²) in [6.45, 7) is 1.68. The standard InChI is InChI=1S/C22H24FN3O6S/c23-16-3-1-4-17(21(16)24-8-10-31-11-9-24)25-13-15(32-22(25)29)14-26(30)20(28)7-6-18(27)19-5-2-12-33-19/h1-5,12,15,30H,6-11,13-14H2/t15-/m0/s1. The van der Waals surface area contributed by atoms with Crippen molar-refractivity contribution < 1.29 is 33.5 Å². The highest BCUT2D eigenvalue weighted by atomic mass is 32.1. The molecule has 2 aromatic rings. The molecule has 4 rings (SSSR count). The number of cyclic esters (lactones) is 1. The highest BCUT2D eigenvalue weighted by Gasteiger charge is 2.36. The zero-order chi connectivity index (χ0) is 23.4. The Hall–Kier alpha value is -3.02. The molecule has 176 valence electrons. The molecule has 0 unspecified atom stereocenters. The summed E-state index contributed by atoms with van der Waals surface area (Å²) in [5.74, 6) is -1.28. The maximum absolute atomic E-state index is 14.7. The molecule has 2 saturated heterocycles. The summed E-state index contributed by atoms with van der Waals surface area (Å²) in [6.07, 6.45) is -1.68. The van der Waals surface area contributed by atoms with Crippen molar-refractivity contribution in [3.63, 3.8) is 0 Å². The van der Waals surface area contributed by atoms with Gasteiger partial charge in [0.25, 0.3) is 0 Å². The summed E-state index contributed by atoms with van der Waals surface area (Å²) < 4.78 is 25.3. The number of hydrogen-bond donors (Lipinski definition) is 1. The normalized spacial score (nSPS) is 18.4. The maximum atomic E-state index is 14.7. The molecule has 0 spiro atoms. The van der Waals surface area contributed by atoms with Gasteiger partial charge < -0.3 is 14.4 Å². The van der Waals surface area contributed by atoms with Crippen LogP contribution in [0.15, 0.2) is 35.7 Å². The number of morpholine rings is 1. The van der Waals surface area contributed by atoms with E-state index < -0.39 is 23.9 Å². The number of hydroxylamine groups is 2. The van der Waals surface area contributed by atoms with Crippen LogP contribution >= 0.6 is 11.3 Å². The summed E-state index contributed by atoms with van der Waals surface area (Å²) >= 11 is 1.29. The van der Waals surface area contributed by atoms with Crippen LogP contribution in [0, 0.1) is 5.82 Å². The number of benzene rings is 1. The van der Waals surface area contributed by atoms with Gasteiger partial charge in [-0.2, -0.15) is 0 Å². The number of carbonyl (C=O) groups is 3. The van der Waals surface area contributed by atoms with E-state index in [0.29, 0.717) is 47.6 Å². The van der Waals surface area contributed by atoms with Crippen LogP contribution in [-0.2, 0) is 14.3 Å². The number of para-hydroxylation sites is 1. The SMILES string of the molecule is O=C(CCC(=O)N(O)C[C@@H]1CN(c2cccc(F)c2N2CCOCC2)C(=O)O1)c1cccs1. The van der Waals surface area contributed by atoms with E-state index in [0.717, 1.165) is 0 Å². The highest BCUT2D eigenvalue weighted by Crippen LogP contribution is 2.35. The molecular formula is C22H24FN3O6S. The summed E-state index contributed by atoms with van der Waals surface area (Å²) in [5.41, 5.74) is 0.657. The molecule has 0 saturated carbocycles. The van der Waals surface area contributed by atoms with Gasteiger partial charge in [-0.3, -0.25) is 19.7 Å². The number of rotatable bonds is 8. The van der Waals surface area contributed by atoms with Crippen LogP contribution in [0.25, 0.3) is 0 Å². The van der Waals surface area contributed by atoms with Crippen LogP contribution in [0.5, 0.6) is 0 Å². The van der Waals surface area contributed by atoms with E-state index in [2.05, 4.69) is 0 Å². The van der Waals surface area contributed by atoms with Crippen LogP contribution in [-0.4, -0.2) is 73.6 Å². The van der Waals surface area contributed by atoms with E-state index in [4.69, 9.17) is 9.47 Å². The molecule has 3 heterocycles. The average Bonchev–Trinajstić information content (AvgIpc) is 3.47. The van der Waals surface area contributed by atoms with Crippen molar-refractivity contribution in [1.29, 1.82) is 0 Å². The first-order valence-electron chi connectivity index (χ1n) is 10.6. The van der Waals surface area contributed by atoms with Crippen LogP contribution in [0.3, 0.4) is 0 Å². The number of carbonyl (C=O) groups excluding carboxylic acids is 3. The van der Waals surface area contributed by atoms with E-state index in [1.54, 1.807) is 23.6 Å². The molecule has 2 fully saturated rings. The molecule has 33 heavy (non-hydrogen) atoms. The molecule has 0 bridgehead atoms. The number of amides is 2. The molecule has 0 aliphatic carbocycles. The fourth-order valence-electron chi connectivity index (χ4n) is 3.84. The van der Waals surface area contributed by atoms with Gasteiger partial charge in [0.05, 0.1) is 42.6 Å². The summed E-state index contributed by atoms with van der Waals surface area (Å²) in [5, 5.41) is 12.4. The number of halogens is 1. The summed E-state index contributed by atoms with van der Waals surface area (Å²) in [7, 11) is 0. The smallest absolute Gasteiger partial charge is 0.414 e. The van der Waals surface area contributed by atoms with E-state index in [-0.39, 0.29) is 31.7 Å². The number of thiophene rings is 1. The first-order valence-corrected chi connectivity index (χ1v) is 11.5. The third-order valence-electron chi connectivity index (χ3n) is 5.48. The Kier molecular flexibility index (Phi) is 7.21. The number of hydrogen-bond acceptors (Lipinski definition) is 8. The van der Waals surface area contributed by atoms with E-state index >= 15 is 0 Å². The number of nitrogens with zero attached hydrogens (tertiary/aromatic N) is 3. The highest BCUT2D eigenvalue weighted by molar-refractivity contribution is 7.12. The lowest BCUT2D eigenvalue weighted by Gasteiger charge is -2.32. The zero-order valence-electron chi connectivity index (χ0n) is 17.8. The lowest BCUT2D eigenvalue weighted by atomic mass is 10.2. The zero-order valence-corrected chi connectivity index (χ0v) is 18.6. The Morgan fingerprint density at radius 2 is 1.97 bits per heavy atom. The Morgan fingerprint density at radius 3 is 2.70 bits per heavy atom. The summed E-state index contributed by atoms with van der Waals surface area (Å²) in [4.78, 5) is 40.5. The lowest BCUT2D eigenvalue weighted by Crippen LogP contribution is -2.39. The Balaban J connectivity index is 1.37. The maximum Gasteiger partial charge on any atom is 0.414 e. The molecule has 1 aromatic carbocycles. The van der Waals surface area contributed by atoms with Gasteiger partial charge in [0, 0.05) is 25.9 Å². The minimum Gasteiger partial charge on any atom is -0.442 e. The number of ether oxygens (including phenoxy) is 2. The Morgan fingerprint density at radius 1 is 1.18 bits per heavy atom. The molecule has 0 radical (unpaired) electrons. The van der Waals surface area contributed by atoms with Crippen molar-refractivity contribution in [3.05, 3.63) is 46.4 Å². The van der Waals surface area contributed by atoms with E-state index in [1.165, 1.54) is 28.4 Å². The van der Waals surface area contributed by atoms with Gasteiger partial charge in [-0.25, -0.2) is 14.2 Å². The van der Waals surface area contributed by atoms with Gasteiger partial charge >= 0.3 is 6.09 Å². The van der Waals surface area contributed by atoms with E-state index in [1.807, 2.05) is 4.90 Å². The molecule has 9 nitrogen and oxygen atoms in total. The molecule has 1 aromatic heterocycles. The van der Waals surface area contributed by atoms with E-state index in [9.17, 15) is 24.0 Å². The van der Waals surface area contributed by atoms with Crippen molar-refractivity contribution in [3.8, 4) is 0 Å². The number of Topliss-reactive ketones (excluding diaryl/α,β-unsaturated/α-hetero) is 1. The predicted molar refractivity (Wildman–Crippen MR) is 118 cm³/mol. The minimum atomic E-state index is -0.805. The summed E-state index contributed by atoms with van der Waals surface area (Å²) in [6, 6.07) is 7.91. The predicted octanol–water partition coefficient (Wildman–Crippen LogP) is 2.93. The second-order valence-electron chi connectivity index (χ2n) is 7.70. The van der Waals surface area contributed by atoms with Crippen molar-refractivity contribution in [2.75, 3.05) is 49.2 Å². The quantitative estimate of drug-likeness (QED) is 0.355. The molecule has 1 N–H and O–H groups in total. The van der Waals surface area contributed by atoms with Crippen LogP contribution < -0.4 is 9.80 Å².